The lowest BCUT2D eigenvalue weighted by atomic mass is 10.1. The zero-order valence-electron chi connectivity index (χ0n) is 15.1. The van der Waals surface area contributed by atoms with E-state index in [4.69, 9.17) is 0 Å². The highest BCUT2D eigenvalue weighted by atomic mass is 32.2. The molecule has 142 valence electrons. The van der Waals surface area contributed by atoms with Crippen molar-refractivity contribution in [2.75, 3.05) is 18.8 Å². The fourth-order valence-corrected chi connectivity index (χ4v) is 7.15. The minimum atomic E-state index is -3.61. The largest absolute Gasteiger partial charge is 0.243 e. The van der Waals surface area contributed by atoms with Gasteiger partial charge < -0.3 is 0 Å². The molecule has 0 bridgehead atoms. The zero-order chi connectivity index (χ0) is 18.9. The quantitative estimate of drug-likeness (QED) is 0.780. The maximum Gasteiger partial charge on any atom is 0.243 e. The van der Waals surface area contributed by atoms with E-state index in [1.54, 1.807) is 12.1 Å². The smallest absolute Gasteiger partial charge is 0.229 e. The van der Waals surface area contributed by atoms with Crippen molar-refractivity contribution >= 4 is 30.6 Å². The Labute approximate surface area is 156 Å². The van der Waals surface area contributed by atoms with Gasteiger partial charge >= 0.3 is 0 Å². The number of rotatable bonds is 5. The summed E-state index contributed by atoms with van der Waals surface area (Å²) in [5, 5.41) is 1.43. The van der Waals surface area contributed by atoms with Crippen molar-refractivity contribution < 1.29 is 16.8 Å². The molecule has 0 saturated carbocycles. The number of benzene rings is 2. The van der Waals surface area contributed by atoms with Gasteiger partial charge in [0.2, 0.25) is 10.0 Å². The van der Waals surface area contributed by atoms with Crippen molar-refractivity contribution in [3.05, 3.63) is 42.5 Å². The maximum absolute atomic E-state index is 12.9. The average molecular weight is 396 g/mol. The minimum absolute atomic E-state index is 0.0827. The Morgan fingerprint density at radius 2 is 1.58 bits per heavy atom. The second-order valence-electron chi connectivity index (χ2n) is 7.34. The monoisotopic (exact) mass is 395 g/mol. The van der Waals surface area contributed by atoms with E-state index in [9.17, 15) is 16.8 Å². The summed E-state index contributed by atoms with van der Waals surface area (Å²) in [4.78, 5) is 0.264. The van der Waals surface area contributed by atoms with Crippen LogP contribution < -0.4 is 0 Å². The molecule has 0 atom stereocenters. The molecule has 2 aromatic carbocycles. The lowest BCUT2D eigenvalue weighted by molar-refractivity contribution is 0.345. The Bertz CT molecular complexity index is 989. The molecule has 26 heavy (non-hydrogen) atoms. The van der Waals surface area contributed by atoms with Crippen LogP contribution in [-0.2, 0) is 19.9 Å². The van der Waals surface area contributed by atoms with Gasteiger partial charge in [-0.1, -0.05) is 44.2 Å². The van der Waals surface area contributed by atoms with Crippen molar-refractivity contribution in [3.8, 4) is 0 Å². The summed E-state index contributed by atoms with van der Waals surface area (Å²) < 4.78 is 52.1. The molecule has 1 fully saturated rings. The summed E-state index contributed by atoms with van der Waals surface area (Å²) in [6.45, 7) is 4.27. The van der Waals surface area contributed by atoms with Gasteiger partial charge in [0.15, 0.2) is 9.84 Å². The summed E-state index contributed by atoms with van der Waals surface area (Å²) >= 11 is 0. The molecule has 1 aliphatic heterocycles. The van der Waals surface area contributed by atoms with Crippen molar-refractivity contribution in [3.63, 3.8) is 0 Å². The Hall–Kier alpha value is -1.44. The Morgan fingerprint density at radius 3 is 2.19 bits per heavy atom. The van der Waals surface area contributed by atoms with Crippen LogP contribution in [-0.4, -0.2) is 45.2 Å². The van der Waals surface area contributed by atoms with Crippen LogP contribution in [0.4, 0.5) is 0 Å². The van der Waals surface area contributed by atoms with E-state index in [-0.39, 0.29) is 29.7 Å². The van der Waals surface area contributed by atoms with Gasteiger partial charge in [0.25, 0.3) is 0 Å². The first-order chi connectivity index (χ1) is 12.2. The van der Waals surface area contributed by atoms with Crippen molar-refractivity contribution in [2.24, 2.45) is 5.92 Å². The fraction of sp³-hybridized carbons (Fsp3) is 0.474. The Morgan fingerprint density at radius 1 is 0.962 bits per heavy atom. The molecule has 0 spiro atoms. The van der Waals surface area contributed by atoms with E-state index >= 15 is 0 Å². The summed E-state index contributed by atoms with van der Waals surface area (Å²) in [6.07, 6.45) is 0.726. The summed E-state index contributed by atoms with van der Waals surface area (Å²) in [6, 6.07) is 12.7. The lowest BCUT2D eigenvalue weighted by Crippen LogP contribution is -2.43. The highest BCUT2D eigenvalue weighted by molar-refractivity contribution is 7.92. The molecule has 2 aromatic rings. The second kappa shape index (κ2) is 7.29. The predicted octanol–water partition coefficient (Wildman–Crippen LogP) is 3.06. The van der Waals surface area contributed by atoms with Gasteiger partial charge in [0, 0.05) is 13.1 Å². The molecule has 0 amide bonds. The van der Waals surface area contributed by atoms with Crippen LogP contribution in [0, 0.1) is 5.92 Å². The number of hydrogen-bond acceptors (Lipinski definition) is 4. The number of sulfonamides is 1. The van der Waals surface area contributed by atoms with Crippen LogP contribution in [0.5, 0.6) is 0 Å². The van der Waals surface area contributed by atoms with E-state index in [0.717, 1.165) is 10.8 Å². The van der Waals surface area contributed by atoms with Gasteiger partial charge in [-0.15, -0.1) is 0 Å². The molecule has 3 rings (SSSR count). The average Bonchev–Trinajstić information content (AvgIpc) is 2.60. The van der Waals surface area contributed by atoms with E-state index < -0.39 is 25.1 Å². The Balaban J connectivity index is 1.77. The molecule has 0 radical (unpaired) electrons. The third kappa shape index (κ3) is 3.94. The van der Waals surface area contributed by atoms with Crippen LogP contribution in [0.1, 0.15) is 26.7 Å². The maximum atomic E-state index is 12.9. The number of sulfone groups is 1. The van der Waals surface area contributed by atoms with E-state index in [2.05, 4.69) is 0 Å². The van der Waals surface area contributed by atoms with Gasteiger partial charge in [-0.3, -0.25) is 0 Å². The molecule has 7 heteroatoms. The van der Waals surface area contributed by atoms with Gasteiger partial charge in [0.1, 0.15) is 0 Å². The van der Waals surface area contributed by atoms with Crippen molar-refractivity contribution in [2.45, 2.75) is 36.8 Å². The van der Waals surface area contributed by atoms with Crippen molar-refractivity contribution in [1.82, 2.24) is 4.31 Å². The zero-order valence-corrected chi connectivity index (χ0v) is 16.8. The van der Waals surface area contributed by atoms with E-state index in [0.29, 0.717) is 12.8 Å². The number of nitrogens with zero attached hydrogens (tertiary/aromatic N) is 1. The van der Waals surface area contributed by atoms with Crippen LogP contribution in [0.2, 0.25) is 0 Å². The first kappa shape index (κ1) is 19.3. The molecule has 0 aromatic heterocycles. The SMILES string of the molecule is CC(C)CS(=O)(=O)C1CCN(S(=O)(=O)c2ccc3ccccc3c2)CC1. The van der Waals surface area contributed by atoms with Crippen LogP contribution >= 0.6 is 0 Å². The molecule has 1 heterocycles. The second-order valence-corrected chi connectivity index (χ2v) is 11.6. The molecule has 1 aliphatic rings. The summed E-state index contributed by atoms with van der Waals surface area (Å²) in [7, 11) is -6.77. The third-order valence-corrected chi connectivity index (χ3v) is 9.35. The number of fused-ring (bicyclic) bond motifs is 1. The molecular weight excluding hydrogens is 370 g/mol. The molecular formula is C19H25NO4S2. The lowest BCUT2D eigenvalue weighted by Gasteiger charge is -2.31. The van der Waals surface area contributed by atoms with Crippen LogP contribution in [0.25, 0.3) is 10.8 Å². The van der Waals surface area contributed by atoms with Gasteiger partial charge in [0.05, 0.1) is 15.9 Å². The van der Waals surface area contributed by atoms with Gasteiger partial charge in [-0.25, -0.2) is 16.8 Å². The standard InChI is InChI=1S/C19H25NO4S2/c1-15(2)14-25(21,22)18-9-11-20(12-10-18)26(23,24)19-8-7-16-5-3-4-6-17(16)13-19/h3-8,13,15,18H,9-12,14H2,1-2H3. The van der Waals surface area contributed by atoms with Crippen LogP contribution in [0.3, 0.4) is 0 Å². The van der Waals surface area contributed by atoms with E-state index in [1.165, 1.54) is 4.31 Å². The summed E-state index contributed by atoms with van der Waals surface area (Å²) in [5.74, 6) is 0.245. The molecule has 5 nitrogen and oxygen atoms in total. The van der Waals surface area contributed by atoms with Gasteiger partial charge in [-0.05, 0) is 41.7 Å². The molecule has 0 unspecified atom stereocenters. The van der Waals surface area contributed by atoms with Crippen molar-refractivity contribution in [1.29, 1.82) is 0 Å². The van der Waals surface area contributed by atoms with E-state index in [1.807, 2.05) is 44.2 Å². The summed E-state index contributed by atoms with van der Waals surface area (Å²) in [5.41, 5.74) is 0. The number of hydrogen-bond donors (Lipinski definition) is 0. The molecule has 0 N–H and O–H groups in total. The first-order valence-electron chi connectivity index (χ1n) is 8.91. The fourth-order valence-electron chi connectivity index (χ4n) is 3.51. The predicted molar refractivity (Wildman–Crippen MR) is 104 cm³/mol. The Kier molecular flexibility index (Phi) is 5.42. The highest BCUT2D eigenvalue weighted by Crippen LogP contribution is 2.27. The minimum Gasteiger partial charge on any atom is -0.229 e. The van der Waals surface area contributed by atoms with Gasteiger partial charge in [-0.2, -0.15) is 4.31 Å². The third-order valence-electron chi connectivity index (χ3n) is 4.83. The first-order valence-corrected chi connectivity index (χ1v) is 12.1. The molecule has 1 saturated heterocycles. The topological polar surface area (TPSA) is 71.5 Å². The molecule has 0 aliphatic carbocycles. The van der Waals surface area contributed by atoms with Crippen LogP contribution in [0.15, 0.2) is 47.4 Å². The number of piperidine rings is 1. The highest BCUT2D eigenvalue weighted by Gasteiger charge is 2.35. The normalized spacial score (nSPS) is 17.8.